The van der Waals surface area contributed by atoms with E-state index in [1.54, 1.807) is 18.2 Å². The first-order valence-corrected chi connectivity index (χ1v) is 12.2. The molecule has 0 bridgehead atoms. The highest BCUT2D eigenvalue weighted by molar-refractivity contribution is 6.14. The van der Waals surface area contributed by atoms with Crippen LogP contribution in [0.25, 0.3) is 0 Å². The van der Waals surface area contributed by atoms with E-state index in [-0.39, 0.29) is 0 Å². The first kappa shape index (κ1) is 26.1. The Labute approximate surface area is 208 Å². The summed E-state index contributed by atoms with van der Waals surface area (Å²) in [5, 5.41) is 11.5. The van der Waals surface area contributed by atoms with Crippen molar-refractivity contribution in [3.63, 3.8) is 0 Å². The van der Waals surface area contributed by atoms with Gasteiger partial charge in [-0.1, -0.05) is 61.7 Å². The standard InChI is InChI=1S/C18H19N3O2.C8H11N.C3H6/c19-17-6-1-13(12-22)11-16(17)18(20)14-2-4-15(5-3-14)21-7-9-23-10-8-21;1-9-7-8-5-3-2-4-6-8;1-2-3-1/h1-6,11-12,20H,7-10,19H2;2-6,9H,7H2,1H3;1-3H2. The minimum Gasteiger partial charge on any atom is -0.398 e. The van der Waals surface area contributed by atoms with Crippen LogP contribution in [0.3, 0.4) is 0 Å². The Hall–Kier alpha value is -3.48. The van der Waals surface area contributed by atoms with E-state index in [4.69, 9.17) is 15.9 Å². The average molecular weight is 473 g/mol. The molecule has 0 atom stereocenters. The zero-order valence-corrected chi connectivity index (χ0v) is 20.5. The molecule has 1 aliphatic carbocycles. The number of carbonyl (C=O) groups excluding carboxylic acids is 1. The third-order valence-corrected chi connectivity index (χ3v) is 5.59. The predicted octanol–water partition coefficient (Wildman–Crippen LogP) is 4.91. The second kappa shape index (κ2) is 14.0. The molecule has 0 spiro atoms. The Bertz CT molecular complexity index is 1060. The van der Waals surface area contributed by atoms with Crippen molar-refractivity contribution in [2.24, 2.45) is 0 Å². The third kappa shape index (κ3) is 8.67. The van der Waals surface area contributed by atoms with Crippen molar-refractivity contribution < 1.29 is 9.53 Å². The number of nitrogens with one attached hydrogen (secondary N) is 2. The summed E-state index contributed by atoms with van der Waals surface area (Å²) >= 11 is 0. The molecule has 0 amide bonds. The van der Waals surface area contributed by atoms with Gasteiger partial charge >= 0.3 is 0 Å². The number of nitrogen functional groups attached to an aromatic ring is 1. The van der Waals surface area contributed by atoms with E-state index in [1.807, 2.05) is 49.5 Å². The van der Waals surface area contributed by atoms with Gasteiger partial charge in [0.25, 0.3) is 0 Å². The van der Waals surface area contributed by atoms with Crippen LogP contribution in [0.5, 0.6) is 0 Å². The maximum atomic E-state index is 10.9. The second-order valence-electron chi connectivity index (χ2n) is 8.56. The molecular weight excluding hydrogens is 436 g/mol. The van der Waals surface area contributed by atoms with Crippen LogP contribution in [0.15, 0.2) is 72.8 Å². The SMILES string of the molecule is C1CC1.CNCc1ccccc1.N=C(c1ccc(N2CCOCC2)cc1)c1cc(C=O)ccc1N. The first-order valence-electron chi connectivity index (χ1n) is 12.2. The summed E-state index contributed by atoms with van der Waals surface area (Å²) in [7, 11) is 1.95. The lowest BCUT2D eigenvalue weighted by Gasteiger charge is -2.29. The summed E-state index contributed by atoms with van der Waals surface area (Å²) in [4.78, 5) is 13.2. The highest BCUT2D eigenvalue weighted by Crippen LogP contribution is 2.21. The van der Waals surface area contributed by atoms with Crippen molar-refractivity contribution in [3.8, 4) is 0 Å². The Morgan fingerprint density at radius 1 is 1.00 bits per heavy atom. The number of rotatable bonds is 6. The lowest BCUT2D eigenvalue weighted by molar-refractivity contribution is 0.112. The van der Waals surface area contributed by atoms with Crippen molar-refractivity contribution in [2.45, 2.75) is 25.8 Å². The molecule has 6 nitrogen and oxygen atoms in total. The van der Waals surface area contributed by atoms with Gasteiger partial charge in [0.1, 0.15) is 6.29 Å². The third-order valence-electron chi connectivity index (χ3n) is 5.59. The Balaban J connectivity index is 0.000000233. The molecule has 2 fully saturated rings. The number of nitrogens with two attached hydrogens (primary N) is 1. The molecule has 35 heavy (non-hydrogen) atoms. The monoisotopic (exact) mass is 472 g/mol. The number of hydrogen-bond acceptors (Lipinski definition) is 6. The van der Waals surface area contributed by atoms with Crippen molar-refractivity contribution in [1.82, 2.24) is 5.32 Å². The molecule has 4 N–H and O–H groups in total. The normalized spacial score (nSPS) is 14.0. The molecule has 1 heterocycles. The smallest absolute Gasteiger partial charge is 0.150 e. The maximum absolute atomic E-state index is 10.9. The zero-order valence-electron chi connectivity index (χ0n) is 20.5. The number of aldehydes is 1. The van der Waals surface area contributed by atoms with E-state index < -0.39 is 0 Å². The number of nitrogens with zero attached hydrogens (tertiary/aromatic N) is 1. The fraction of sp³-hybridized carbons (Fsp3) is 0.310. The number of benzene rings is 3. The van der Waals surface area contributed by atoms with Gasteiger partial charge in [-0.3, -0.25) is 10.2 Å². The molecule has 184 valence electrons. The van der Waals surface area contributed by atoms with Crippen LogP contribution in [0.1, 0.15) is 46.3 Å². The summed E-state index contributed by atoms with van der Waals surface area (Å²) < 4.78 is 5.36. The number of carbonyl (C=O) groups is 1. The van der Waals surface area contributed by atoms with E-state index >= 15 is 0 Å². The van der Waals surface area contributed by atoms with E-state index in [1.165, 1.54) is 24.8 Å². The molecule has 5 rings (SSSR count). The summed E-state index contributed by atoms with van der Waals surface area (Å²) in [6.45, 7) is 4.20. The molecule has 6 heteroatoms. The van der Waals surface area contributed by atoms with Crippen LogP contribution in [0, 0.1) is 5.41 Å². The topological polar surface area (TPSA) is 91.4 Å². The zero-order chi connectivity index (χ0) is 24.9. The van der Waals surface area contributed by atoms with Crippen LogP contribution < -0.4 is 16.0 Å². The van der Waals surface area contributed by atoms with Gasteiger partial charge in [0.2, 0.25) is 0 Å². The van der Waals surface area contributed by atoms with Crippen molar-refractivity contribution in [1.29, 1.82) is 5.41 Å². The lowest BCUT2D eigenvalue weighted by atomic mass is 9.99. The number of hydrogen-bond donors (Lipinski definition) is 3. The fourth-order valence-electron chi connectivity index (χ4n) is 3.48. The summed E-state index contributed by atoms with van der Waals surface area (Å²) in [6, 6.07) is 23.2. The highest BCUT2D eigenvalue weighted by Gasteiger charge is 2.13. The molecule has 2 aliphatic rings. The van der Waals surface area contributed by atoms with Crippen molar-refractivity contribution in [3.05, 3.63) is 95.1 Å². The van der Waals surface area contributed by atoms with Crippen LogP contribution >= 0.6 is 0 Å². The first-order chi connectivity index (χ1) is 17.1. The summed E-state index contributed by atoms with van der Waals surface area (Å²) in [5.41, 5.74) is 11.1. The van der Waals surface area contributed by atoms with E-state index in [0.717, 1.165) is 50.4 Å². The van der Waals surface area contributed by atoms with E-state index in [0.29, 0.717) is 22.5 Å². The maximum Gasteiger partial charge on any atom is 0.150 e. The molecule has 3 aromatic carbocycles. The minimum absolute atomic E-state index is 0.319. The van der Waals surface area contributed by atoms with Gasteiger partial charge in [0.15, 0.2) is 0 Å². The van der Waals surface area contributed by atoms with E-state index in [9.17, 15) is 4.79 Å². The molecule has 0 radical (unpaired) electrons. The van der Waals surface area contributed by atoms with Crippen LogP contribution in [-0.2, 0) is 11.3 Å². The van der Waals surface area contributed by atoms with Gasteiger partial charge < -0.3 is 20.7 Å². The van der Waals surface area contributed by atoms with Gasteiger partial charge in [0, 0.05) is 47.7 Å². The molecule has 1 saturated heterocycles. The largest absolute Gasteiger partial charge is 0.398 e. The molecule has 1 aliphatic heterocycles. The lowest BCUT2D eigenvalue weighted by Crippen LogP contribution is -2.36. The second-order valence-corrected chi connectivity index (χ2v) is 8.56. The van der Waals surface area contributed by atoms with Gasteiger partial charge in [0.05, 0.1) is 18.9 Å². The number of morpholine rings is 1. The molecule has 0 unspecified atom stereocenters. The van der Waals surface area contributed by atoms with Crippen molar-refractivity contribution in [2.75, 3.05) is 44.0 Å². The summed E-state index contributed by atoms with van der Waals surface area (Å²) in [5.74, 6) is 0. The van der Waals surface area contributed by atoms with Gasteiger partial charge in [-0.15, -0.1) is 0 Å². The number of anilines is 2. The molecule has 3 aromatic rings. The van der Waals surface area contributed by atoms with Crippen LogP contribution in [0.2, 0.25) is 0 Å². The van der Waals surface area contributed by atoms with Gasteiger partial charge in [-0.2, -0.15) is 0 Å². The Morgan fingerprint density at radius 3 is 2.23 bits per heavy atom. The molecule has 1 saturated carbocycles. The molecular formula is C29H36N4O2. The highest BCUT2D eigenvalue weighted by atomic mass is 16.5. The van der Waals surface area contributed by atoms with Gasteiger partial charge in [-0.25, -0.2) is 0 Å². The fourth-order valence-corrected chi connectivity index (χ4v) is 3.48. The van der Waals surface area contributed by atoms with Crippen molar-refractivity contribution >= 4 is 23.4 Å². The Kier molecular flexibility index (Phi) is 10.5. The quantitative estimate of drug-likeness (QED) is 0.269. The average Bonchev–Trinajstić information content (AvgIpc) is 3.80. The summed E-state index contributed by atoms with van der Waals surface area (Å²) in [6.07, 6.45) is 5.26. The predicted molar refractivity (Wildman–Crippen MR) is 145 cm³/mol. The Morgan fingerprint density at radius 2 is 1.66 bits per heavy atom. The molecule has 0 aromatic heterocycles. The van der Waals surface area contributed by atoms with E-state index in [2.05, 4.69) is 22.3 Å². The van der Waals surface area contributed by atoms with Crippen LogP contribution in [-0.4, -0.2) is 45.3 Å². The van der Waals surface area contributed by atoms with Gasteiger partial charge in [-0.05, 0) is 42.9 Å². The number of ether oxygens (including phenoxy) is 1. The van der Waals surface area contributed by atoms with Crippen LogP contribution in [0.4, 0.5) is 11.4 Å². The minimum atomic E-state index is 0.319.